The molecule has 1 aromatic rings. The van der Waals surface area contributed by atoms with Crippen molar-refractivity contribution in [2.45, 2.75) is 51.4 Å². The average Bonchev–Trinajstić information content (AvgIpc) is 3.11. The number of nitrogens with one attached hydrogen (secondary N) is 2. The Bertz CT molecular complexity index is 800. The van der Waals surface area contributed by atoms with Gasteiger partial charge in [0.05, 0.1) is 13.1 Å². The summed E-state index contributed by atoms with van der Waals surface area (Å²) in [6.07, 6.45) is 0.877. The van der Waals surface area contributed by atoms with Gasteiger partial charge >= 0.3 is 6.61 Å². The van der Waals surface area contributed by atoms with Crippen molar-refractivity contribution < 1.29 is 27.5 Å². The Morgan fingerprint density at radius 3 is 2.23 bits per heavy atom. The van der Waals surface area contributed by atoms with Crippen molar-refractivity contribution >= 4 is 17.5 Å². The molecule has 2 aliphatic heterocycles. The van der Waals surface area contributed by atoms with Gasteiger partial charge in [0.1, 0.15) is 11.6 Å². The van der Waals surface area contributed by atoms with E-state index in [1.165, 1.54) is 0 Å². The van der Waals surface area contributed by atoms with Gasteiger partial charge < -0.3 is 15.4 Å². The molecule has 0 saturated carbocycles. The van der Waals surface area contributed by atoms with E-state index in [1.807, 2.05) is 25.7 Å². The first-order valence-electron chi connectivity index (χ1n) is 9.83. The van der Waals surface area contributed by atoms with E-state index in [-0.39, 0.29) is 47.4 Å². The summed E-state index contributed by atoms with van der Waals surface area (Å²) >= 11 is 0. The summed E-state index contributed by atoms with van der Waals surface area (Å²) in [4.78, 5) is 28.7. The molecule has 2 heterocycles. The maximum absolute atomic E-state index is 13.6. The quantitative estimate of drug-likeness (QED) is 0.696. The van der Waals surface area contributed by atoms with Crippen LogP contribution < -0.4 is 15.4 Å². The zero-order valence-electron chi connectivity index (χ0n) is 17.3. The zero-order chi connectivity index (χ0) is 22.1. The van der Waals surface area contributed by atoms with Gasteiger partial charge in [-0.1, -0.05) is 0 Å². The van der Waals surface area contributed by atoms with Crippen LogP contribution in [0.5, 0.6) is 5.75 Å². The number of hydrogen-bond donors (Lipinski definition) is 2. The van der Waals surface area contributed by atoms with Crippen molar-refractivity contribution in [2.24, 2.45) is 0 Å². The number of hydrogen-bond acceptors (Lipinski definition) is 5. The Kier molecular flexibility index (Phi) is 6.56. The smallest absolute Gasteiger partial charge is 0.387 e. The molecule has 166 valence electrons. The molecule has 3 rings (SSSR count). The third-order valence-corrected chi connectivity index (χ3v) is 5.06. The fourth-order valence-electron chi connectivity index (χ4n) is 4.05. The second-order valence-corrected chi connectivity index (χ2v) is 8.80. The number of benzene rings is 1. The van der Waals surface area contributed by atoms with Crippen LogP contribution >= 0.6 is 0 Å². The SMILES string of the molecule is CC(C)(C)NC(=O)CN1CC2CC1CN2CC(=O)Nc1cc(F)cc(OC(F)F)c1. The number of carbonyl (C=O) groups is 2. The molecule has 2 N–H and O–H groups in total. The first-order chi connectivity index (χ1) is 14.0. The summed E-state index contributed by atoms with van der Waals surface area (Å²) in [5, 5.41) is 5.48. The molecular formula is C20H27F3N4O3. The Morgan fingerprint density at radius 2 is 1.70 bits per heavy atom. The number of carbonyl (C=O) groups excluding carboxylic acids is 2. The van der Waals surface area contributed by atoms with Crippen LogP contribution in [0, 0.1) is 5.82 Å². The lowest BCUT2D eigenvalue weighted by Gasteiger charge is -2.34. The van der Waals surface area contributed by atoms with E-state index in [4.69, 9.17) is 0 Å². The van der Waals surface area contributed by atoms with Gasteiger partial charge in [-0.2, -0.15) is 8.78 Å². The van der Waals surface area contributed by atoms with E-state index in [0.29, 0.717) is 19.6 Å². The van der Waals surface area contributed by atoms with Crippen LogP contribution in [-0.2, 0) is 9.59 Å². The third-order valence-electron chi connectivity index (χ3n) is 5.06. The monoisotopic (exact) mass is 428 g/mol. The van der Waals surface area contributed by atoms with E-state index in [9.17, 15) is 22.8 Å². The van der Waals surface area contributed by atoms with Crippen LogP contribution in [0.2, 0.25) is 0 Å². The number of halogens is 3. The highest BCUT2D eigenvalue weighted by atomic mass is 19.3. The summed E-state index contributed by atoms with van der Waals surface area (Å²) < 4.78 is 42.4. The molecule has 2 saturated heterocycles. The Labute approximate surface area is 173 Å². The molecule has 0 radical (unpaired) electrons. The minimum Gasteiger partial charge on any atom is -0.435 e. The van der Waals surface area contributed by atoms with Gasteiger partial charge in [-0.25, -0.2) is 4.39 Å². The number of piperazine rings is 1. The van der Waals surface area contributed by atoms with Crippen molar-refractivity contribution in [3.05, 3.63) is 24.0 Å². The molecule has 0 aliphatic carbocycles. The Hall–Kier alpha value is -2.33. The van der Waals surface area contributed by atoms with Gasteiger partial charge in [-0.3, -0.25) is 19.4 Å². The van der Waals surface area contributed by atoms with E-state index in [1.54, 1.807) is 0 Å². The van der Waals surface area contributed by atoms with E-state index in [2.05, 4.69) is 20.3 Å². The number of ether oxygens (including phenoxy) is 1. The van der Waals surface area contributed by atoms with Gasteiger partial charge in [-0.15, -0.1) is 0 Å². The predicted molar refractivity (Wildman–Crippen MR) is 105 cm³/mol. The predicted octanol–water partition coefficient (Wildman–Crippen LogP) is 2.04. The van der Waals surface area contributed by atoms with Crippen LogP contribution in [0.1, 0.15) is 27.2 Å². The lowest BCUT2D eigenvalue weighted by Crippen LogP contribution is -2.52. The number of nitrogens with zero attached hydrogens (tertiary/aromatic N) is 2. The Morgan fingerprint density at radius 1 is 1.10 bits per heavy atom. The molecule has 2 atom stereocenters. The molecule has 2 unspecified atom stereocenters. The van der Waals surface area contributed by atoms with Crippen LogP contribution in [0.25, 0.3) is 0 Å². The average molecular weight is 428 g/mol. The molecule has 0 aromatic heterocycles. The molecule has 2 aliphatic rings. The molecule has 2 amide bonds. The molecule has 30 heavy (non-hydrogen) atoms. The van der Waals surface area contributed by atoms with Crippen LogP contribution in [0.4, 0.5) is 18.9 Å². The normalized spacial score (nSPS) is 21.8. The number of amides is 2. The highest BCUT2D eigenvalue weighted by Crippen LogP contribution is 2.30. The first-order valence-corrected chi connectivity index (χ1v) is 9.83. The van der Waals surface area contributed by atoms with Crippen molar-refractivity contribution in [2.75, 3.05) is 31.5 Å². The maximum Gasteiger partial charge on any atom is 0.387 e. The maximum atomic E-state index is 13.6. The summed E-state index contributed by atoms with van der Waals surface area (Å²) in [7, 11) is 0. The molecule has 10 heteroatoms. The van der Waals surface area contributed by atoms with Gasteiger partial charge in [0.2, 0.25) is 11.8 Å². The number of likely N-dealkylation sites (tertiary alicyclic amines) is 2. The van der Waals surface area contributed by atoms with Gasteiger partial charge in [-0.05, 0) is 33.3 Å². The standard InChI is InChI=1S/C20H27F3N4O3/c1-20(2,3)25-18(29)11-27-9-14-7-15(27)8-26(14)10-17(28)24-13-4-12(21)5-16(6-13)30-19(22)23/h4-6,14-15,19H,7-11H2,1-3H3,(H,24,28)(H,25,29). The fourth-order valence-corrected chi connectivity index (χ4v) is 4.05. The third kappa shape index (κ3) is 6.09. The Balaban J connectivity index is 1.49. The second kappa shape index (κ2) is 8.81. The van der Waals surface area contributed by atoms with Crippen molar-refractivity contribution in [3.8, 4) is 5.75 Å². The fraction of sp³-hybridized carbons (Fsp3) is 0.600. The number of anilines is 1. The first kappa shape index (κ1) is 22.4. The van der Waals surface area contributed by atoms with Crippen LogP contribution in [0.15, 0.2) is 18.2 Å². The van der Waals surface area contributed by atoms with Crippen LogP contribution in [-0.4, -0.2) is 72.0 Å². The van der Waals surface area contributed by atoms with Crippen molar-refractivity contribution in [3.63, 3.8) is 0 Å². The van der Waals surface area contributed by atoms with E-state index >= 15 is 0 Å². The lowest BCUT2D eigenvalue weighted by atomic mass is 10.1. The summed E-state index contributed by atoms with van der Waals surface area (Å²) in [6.45, 7) is 4.50. The number of alkyl halides is 2. The molecule has 1 aromatic carbocycles. The van der Waals surface area contributed by atoms with Gasteiger partial charge in [0.15, 0.2) is 0 Å². The van der Waals surface area contributed by atoms with Gasteiger partial charge in [0.25, 0.3) is 0 Å². The van der Waals surface area contributed by atoms with Crippen LogP contribution in [0.3, 0.4) is 0 Å². The topological polar surface area (TPSA) is 73.9 Å². The second-order valence-electron chi connectivity index (χ2n) is 8.80. The van der Waals surface area contributed by atoms with E-state index < -0.39 is 12.4 Å². The van der Waals surface area contributed by atoms with Gasteiger partial charge in [0, 0.05) is 48.5 Å². The minimum atomic E-state index is -3.08. The molecule has 0 spiro atoms. The summed E-state index contributed by atoms with van der Waals surface area (Å²) in [5.74, 6) is -1.53. The van der Waals surface area contributed by atoms with E-state index in [0.717, 1.165) is 24.6 Å². The van der Waals surface area contributed by atoms with Crippen molar-refractivity contribution in [1.29, 1.82) is 0 Å². The lowest BCUT2D eigenvalue weighted by molar-refractivity contribution is -0.124. The molecule has 7 nitrogen and oxygen atoms in total. The minimum absolute atomic E-state index is 0.0210. The summed E-state index contributed by atoms with van der Waals surface area (Å²) in [5.41, 5.74) is -0.225. The highest BCUT2D eigenvalue weighted by molar-refractivity contribution is 5.92. The highest BCUT2D eigenvalue weighted by Gasteiger charge is 2.44. The zero-order valence-corrected chi connectivity index (χ0v) is 17.3. The number of rotatable bonds is 7. The van der Waals surface area contributed by atoms with Crippen molar-refractivity contribution in [1.82, 2.24) is 15.1 Å². The largest absolute Gasteiger partial charge is 0.435 e. The molecule has 2 bridgehead atoms. The summed E-state index contributed by atoms with van der Waals surface area (Å²) in [6, 6.07) is 3.38. The molecular weight excluding hydrogens is 401 g/mol. The number of fused-ring (bicyclic) bond motifs is 2. The molecule has 2 fully saturated rings.